The third-order valence-electron chi connectivity index (χ3n) is 2.24. The number of hydrogen-bond acceptors (Lipinski definition) is 2. The minimum Gasteiger partial charge on any atom is -0.355 e. The molecule has 1 aromatic carbocycles. The van der Waals surface area contributed by atoms with Crippen molar-refractivity contribution in [2.45, 2.75) is 20.4 Å². The Morgan fingerprint density at radius 2 is 2.11 bits per heavy atom. The lowest BCUT2D eigenvalue weighted by Crippen LogP contribution is -2.35. The topological polar surface area (TPSA) is 41.1 Å². The van der Waals surface area contributed by atoms with Crippen LogP contribution in [0.4, 0.5) is 4.39 Å². The molecule has 0 aliphatic rings. The van der Waals surface area contributed by atoms with E-state index in [0.29, 0.717) is 24.0 Å². The van der Waals surface area contributed by atoms with Crippen LogP contribution in [0.15, 0.2) is 18.2 Å². The number of rotatable bonds is 6. The largest absolute Gasteiger partial charge is 0.355 e. The van der Waals surface area contributed by atoms with Crippen LogP contribution in [0.25, 0.3) is 0 Å². The highest BCUT2D eigenvalue weighted by atomic mass is 35.5. The van der Waals surface area contributed by atoms with Gasteiger partial charge in [-0.15, -0.1) is 0 Å². The van der Waals surface area contributed by atoms with Gasteiger partial charge in [0.25, 0.3) is 0 Å². The SMILES string of the molecule is CC(C)CNC(=O)CNCc1cc(F)cc(Cl)c1. The number of hydrogen-bond donors (Lipinski definition) is 2. The Hall–Kier alpha value is -1.13. The molecular formula is C13H18ClFN2O. The van der Waals surface area contributed by atoms with Gasteiger partial charge in [0.2, 0.25) is 5.91 Å². The van der Waals surface area contributed by atoms with E-state index in [1.807, 2.05) is 13.8 Å². The average Bonchev–Trinajstić information content (AvgIpc) is 2.25. The normalized spacial score (nSPS) is 10.7. The standard InChI is InChI=1S/C13H18ClFN2O/c1-9(2)6-17-13(18)8-16-7-10-3-11(14)5-12(15)4-10/h3-5,9,16H,6-8H2,1-2H3,(H,17,18). The molecule has 18 heavy (non-hydrogen) atoms. The van der Waals surface area contributed by atoms with Crippen LogP contribution >= 0.6 is 11.6 Å². The number of nitrogens with one attached hydrogen (secondary N) is 2. The van der Waals surface area contributed by atoms with E-state index >= 15 is 0 Å². The molecule has 0 aliphatic heterocycles. The van der Waals surface area contributed by atoms with Crippen LogP contribution in [0.2, 0.25) is 5.02 Å². The Balaban J connectivity index is 2.30. The molecule has 0 heterocycles. The van der Waals surface area contributed by atoms with Crippen molar-refractivity contribution in [2.75, 3.05) is 13.1 Å². The van der Waals surface area contributed by atoms with Gasteiger partial charge in [0, 0.05) is 18.1 Å². The second-order valence-electron chi connectivity index (χ2n) is 4.58. The molecule has 0 saturated heterocycles. The highest BCUT2D eigenvalue weighted by molar-refractivity contribution is 6.30. The Morgan fingerprint density at radius 1 is 1.39 bits per heavy atom. The van der Waals surface area contributed by atoms with Crippen molar-refractivity contribution in [1.82, 2.24) is 10.6 Å². The third-order valence-corrected chi connectivity index (χ3v) is 2.46. The van der Waals surface area contributed by atoms with Crippen LogP contribution in [0.3, 0.4) is 0 Å². The summed E-state index contributed by atoms with van der Waals surface area (Å²) in [4.78, 5) is 11.4. The molecule has 0 atom stereocenters. The second kappa shape index (κ2) is 7.34. The van der Waals surface area contributed by atoms with Gasteiger partial charge in [-0.2, -0.15) is 0 Å². The molecule has 100 valence electrons. The first-order valence-corrected chi connectivity index (χ1v) is 6.27. The van der Waals surface area contributed by atoms with Crippen molar-refractivity contribution in [3.8, 4) is 0 Å². The maximum atomic E-state index is 13.0. The number of carbonyl (C=O) groups excluding carboxylic acids is 1. The van der Waals surface area contributed by atoms with Crippen LogP contribution in [-0.2, 0) is 11.3 Å². The molecular weight excluding hydrogens is 255 g/mol. The highest BCUT2D eigenvalue weighted by Gasteiger charge is 2.03. The quantitative estimate of drug-likeness (QED) is 0.835. The summed E-state index contributed by atoms with van der Waals surface area (Å²) in [5, 5.41) is 6.09. The molecule has 2 N–H and O–H groups in total. The van der Waals surface area contributed by atoms with Gasteiger partial charge >= 0.3 is 0 Å². The predicted molar refractivity (Wildman–Crippen MR) is 71.0 cm³/mol. The first-order chi connectivity index (χ1) is 8.47. The van der Waals surface area contributed by atoms with E-state index in [2.05, 4.69) is 10.6 Å². The van der Waals surface area contributed by atoms with Crippen LogP contribution in [0, 0.1) is 11.7 Å². The Bertz CT molecular complexity index is 390. The Morgan fingerprint density at radius 3 is 2.72 bits per heavy atom. The molecule has 1 amide bonds. The molecule has 1 aromatic rings. The number of amides is 1. The summed E-state index contributed by atoms with van der Waals surface area (Å²) in [6, 6.07) is 4.31. The van der Waals surface area contributed by atoms with E-state index in [1.54, 1.807) is 6.07 Å². The lowest BCUT2D eigenvalue weighted by atomic mass is 10.2. The molecule has 0 spiro atoms. The van der Waals surface area contributed by atoms with Crippen molar-refractivity contribution < 1.29 is 9.18 Å². The van der Waals surface area contributed by atoms with Gasteiger partial charge in [0.15, 0.2) is 0 Å². The maximum Gasteiger partial charge on any atom is 0.233 e. The summed E-state index contributed by atoms with van der Waals surface area (Å²) >= 11 is 5.73. The van der Waals surface area contributed by atoms with E-state index < -0.39 is 0 Å². The molecule has 0 bridgehead atoms. The minimum atomic E-state index is -0.372. The summed E-state index contributed by atoms with van der Waals surface area (Å²) in [6.07, 6.45) is 0. The van der Waals surface area contributed by atoms with Crippen molar-refractivity contribution in [2.24, 2.45) is 5.92 Å². The fraction of sp³-hybridized carbons (Fsp3) is 0.462. The summed E-state index contributed by atoms with van der Waals surface area (Å²) in [5.74, 6) is -0.00858. The Labute approximate surface area is 112 Å². The lowest BCUT2D eigenvalue weighted by molar-refractivity contribution is -0.120. The number of halogens is 2. The first kappa shape index (κ1) is 14.9. The van der Waals surface area contributed by atoms with Gasteiger partial charge < -0.3 is 10.6 Å². The molecule has 3 nitrogen and oxygen atoms in total. The van der Waals surface area contributed by atoms with Gasteiger partial charge in [0.05, 0.1) is 6.54 Å². The van der Waals surface area contributed by atoms with E-state index in [9.17, 15) is 9.18 Å². The van der Waals surface area contributed by atoms with Gasteiger partial charge in [-0.1, -0.05) is 25.4 Å². The monoisotopic (exact) mass is 272 g/mol. The molecule has 5 heteroatoms. The summed E-state index contributed by atoms with van der Waals surface area (Å²) in [7, 11) is 0. The lowest BCUT2D eigenvalue weighted by Gasteiger charge is -2.08. The molecule has 0 fully saturated rings. The van der Waals surface area contributed by atoms with Crippen LogP contribution < -0.4 is 10.6 Å². The van der Waals surface area contributed by atoms with E-state index in [-0.39, 0.29) is 18.3 Å². The molecule has 0 aliphatic carbocycles. The maximum absolute atomic E-state index is 13.0. The zero-order valence-corrected chi connectivity index (χ0v) is 11.4. The number of carbonyl (C=O) groups is 1. The molecule has 0 radical (unpaired) electrons. The second-order valence-corrected chi connectivity index (χ2v) is 5.02. The van der Waals surface area contributed by atoms with Crippen LogP contribution in [0.5, 0.6) is 0 Å². The molecule has 0 aromatic heterocycles. The minimum absolute atomic E-state index is 0.0637. The fourth-order valence-electron chi connectivity index (χ4n) is 1.41. The van der Waals surface area contributed by atoms with Gasteiger partial charge in [-0.3, -0.25) is 4.79 Å². The summed E-state index contributed by atoms with van der Waals surface area (Å²) < 4.78 is 13.0. The summed E-state index contributed by atoms with van der Waals surface area (Å²) in [5.41, 5.74) is 0.719. The highest BCUT2D eigenvalue weighted by Crippen LogP contribution is 2.13. The molecule has 1 rings (SSSR count). The predicted octanol–water partition coefficient (Wildman–Crippen LogP) is 2.34. The average molecular weight is 273 g/mol. The van der Waals surface area contributed by atoms with E-state index in [1.165, 1.54) is 12.1 Å². The number of benzene rings is 1. The van der Waals surface area contributed by atoms with Gasteiger partial charge in [0.1, 0.15) is 5.82 Å². The zero-order valence-electron chi connectivity index (χ0n) is 10.6. The summed E-state index contributed by atoms with van der Waals surface area (Å²) in [6.45, 7) is 5.34. The van der Waals surface area contributed by atoms with Crippen molar-refractivity contribution in [3.63, 3.8) is 0 Å². The first-order valence-electron chi connectivity index (χ1n) is 5.89. The van der Waals surface area contributed by atoms with Gasteiger partial charge in [-0.05, 0) is 29.7 Å². The van der Waals surface area contributed by atoms with Crippen molar-refractivity contribution >= 4 is 17.5 Å². The van der Waals surface area contributed by atoms with Crippen LogP contribution in [0.1, 0.15) is 19.4 Å². The fourth-order valence-corrected chi connectivity index (χ4v) is 1.66. The van der Waals surface area contributed by atoms with Crippen molar-refractivity contribution in [3.05, 3.63) is 34.6 Å². The Kier molecular flexibility index (Phi) is 6.09. The molecule has 0 saturated carbocycles. The van der Waals surface area contributed by atoms with Gasteiger partial charge in [-0.25, -0.2) is 4.39 Å². The van der Waals surface area contributed by atoms with Crippen LogP contribution in [-0.4, -0.2) is 19.0 Å². The zero-order chi connectivity index (χ0) is 13.5. The smallest absolute Gasteiger partial charge is 0.233 e. The van der Waals surface area contributed by atoms with E-state index in [0.717, 1.165) is 5.56 Å². The van der Waals surface area contributed by atoms with Crippen molar-refractivity contribution in [1.29, 1.82) is 0 Å². The third kappa shape index (κ3) is 5.98. The molecule has 0 unspecified atom stereocenters. The van der Waals surface area contributed by atoms with E-state index in [4.69, 9.17) is 11.6 Å².